The summed E-state index contributed by atoms with van der Waals surface area (Å²) < 4.78 is 37.8. The summed E-state index contributed by atoms with van der Waals surface area (Å²) in [7, 11) is 0. The number of hydrogen-bond donors (Lipinski definition) is 3. The van der Waals surface area contributed by atoms with Crippen molar-refractivity contribution in [2.24, 2.45) is 0 Å². The van der Waals surface area contributed by atoms with Gasteiger partial charge in [-0.25, -0.2) is 4.98 Å². The second kappa shape index (κ2) is 7.06. The standard InChI is InChI=1S/C16H13F3N4O3S/c1-27-15-22-12-11(14(26)23-15)9(6-10(24)21-12)13(25)20-8-4-2-7(3-5-8)16(17,18)19/h2-5,9H,6H2,1H3,(H,20,25)(H2,21,22,23,24,26)/t9-/m1/s1. The van der Waals surface area contributed by atoms with Crippen LogP contribution in [0.25, 0.3) is 0 Å². The molecule has 0 unspecified atom stereocenters. The molecule has 1 aromatic heterocycles. The van der Waals surface area contributed by atoms with E-state index in [2.05, 4.69) is 20.6 Å². The van der Waals surface area contributed by atoms with Gasteiger partial charge in [-0.2, -0.15) is 13.2 Å². The first-order valence-corrected chi connectivity index (χ1v) is 8.87. The number of amides is 2. The molecular formula is C16H13F3N4O3S. The average Bonchev–Trinajstić information content (AvgIpc) is 2.60. The average molecular weight is 398 g/mol. The Morgan fingerprint density at radius 2 is 1.93 bits per heavy atom. The van der Waals surface area contributed by atoms with E-state index in [1.54, 1.807) is 6.26 Å². The van der Waals surface area contributed by atoms with E-state index in [0.717, 1.165) is 36.0 Å². The Bertz CT molecular complexity index is 957. The number of carbonyl (C=O) groups is 2. The van der Waals surface area contributed by atoms with Crippen LogP contribution in [0.1, 0.15) is 23.5 Å². The van der Waals surface area contributed by atoms with E-state index in [9.17, 15) is 27.6 Å². The van der Waals surface area contributed by atoms with Crippen molar-refractivity contribution in [3.05, 3.63) is 45.7 Å². The molecule has 1 aliphatic heterocycles. The molecule has 1 atom stereocenters. The van der Waals surface area contributed by atoms with E-state index < -0.39 is 35.0 Å². The molecule has 1 aliphatic rings. The number of nitrogens with one attached hydrogen (secondary N) is 3. The van der Waals surface area contributed by atoms with E-state index in [1.807, 2.05) is 0 Å². The molecule has 11 heteroatoms. The van der Waals surface area contributed by atoms with Gasteiger partial charge in [0.15, 0.2) is 5.16 Å². The van der Waals surface area contributed by atoms with Crippen LogP contribution in [0.5, 0.6) is 0 Å². The molecule has 0 fully saturated rings. The van der Waals surface area contributed by atoms with Crippen LogP contribution in [0.3, 0.4) is 0 Å². The molecule has 0 saturated heterocycles. The lowest BCUT2D eigenvalue weighted by Gasteiger charge is -2.23. The number of halogens is 3. The quantitative estimate of drug-likeness (QED) is 0.545. The predicted octanol–water partition coefficient (Wildman–Crippen LogP) is 2.58. The van der Waals surface area contributed by atoms with Crippen molar-refractivity contribution in [3.63, 3.8) is 0 Å². The Hall–Kier alpha value is -2.82. The molecule has 0 saturated carbocycles. The molecule has 27 heavy (non-hydrogen) atoms. The number of aromatic amines is 1. The Kier molecular flexibility index (Phi) is 4.96. The summed E-state index contributed by atoms with van der Waals surface area (Å²) in [5.74, 6) is -2.27. The van der Waals surface area contributed by atoms with Gasteiger partial charge in [-0.1, -0.05) is 11.8 Å². The third-order valence-corrected chi connectivity index (χ3v) is 4.50. The molecule has 2 heterocycles. The third kappa shape index (κ3) is 3.97. The molecule has 0 bridgehead atoms. The van der Waals surface area contributed by atoms with Crippen molar-refractivity contribution in [1.82, 2.24) is 9.97 Å². The minimum Gasteiger partial charge on any atom is -0.326 e. The SMILES string of the molecule is CSc1nc2c(c(=O)[nH]1)[C@H](C(=O)Nc1ccc(C(F)(F)F)cc1)CC(=O)N2. The Labute approximate surface area is 154 Å². The maximum Gasteiger partial charge on any atom is 0.416 e. The van der Waals surface area contributed by atoms with Gasteiger partial charge in [-0.15, -0.1) is 0 Å². The van der Waals surface area contributed by atoms with Gasteiger partial charge >= 0.3 is 6.18 Å². The molecule has 0 aliphatic carbocycles. The zero-order chi connectivity index (χ0) is 19.8. The van der Waals surface area contributed by atoms with Crippen LogP contribution in [0.2, 0.25) is 0 Å². The minimum absolute atomic E-state index is 0.00641. The molecule has 3 rings (SSSR count). The van der Waals surface area contributed by atoms with Crippen LogP contribution in [0.4, 0.5) is 24.7 Å². The molecule has 7 nitrogen and oxygen atoms in total. The highest BCUT2D eigenvalue weighted by Gasteiger charge is 2.35. The molecule has 0 radical (unpaired) electrons. The van der Waals surface area contributed by atoms with Gasteiger partial charge in [0, 0.05) is 12.1 Å². The zero-order valence-corrected chi connectivity index (χ0v) is 14.6. The number of H-pyrrole nitrogens is 1. The summed E-state index contributed by atoms with van der Waals surface area (Å²) in [4.78, 5) is 43.4. The Morgan fingerprint density at radius 1 is 1.26 bits per heavy atom. The topological polar surface area (TPSA) is 104 Å². The molecule has 2 amide bonds. The van der Waals surface area contributed by atoms with Crippen LogP contribution < -0.4 is 16.2 Å². The van der Waals surface area contributed by atoms with E-state index >= 15 is 0 Å². The van der Waals surface area contributed by atoms with E-state index in [1.165, 1.54) is 0 Å². The number of hydrogen-bond acceptors (Lipinski definition) is 5. The maximum atomic E-state index is 12.6. The lowest BCUT2D eigenvalue weighted by molar-refractivity contribution is -0.137. The van der Waals surface area contributed by atoms with Crippen LogP contribution >= 0.6 is 11.8 Å². The summed E-state index contributed by atoms with van der Waals surface area (Å²) in [6.07, 6.45) is -3.08. The molecule has 0 spiro atoms. The summed E-state index contributed by atoms with van der Waals surface area (Å²) in [6.45, 7) is 0. The third-order valence-electron chi connectivity index (χ3n) is 3.92. The van der Waals surface area contributed by atoms with Crippen LogP contribution in [0, 0.1) is 0 Å². The predicted molar refractivity (Wildman–Crippen MR) is 92.7 cm³/mol. The lowest BCUT2D eigenvalue weighted by Crippen LogP contribution is -2.36. The molecule has 3 N–H and O–H groups in total. The van der Waals surface area contributed by atoms with Gasteiger partial charge in [0.1, 0.15) is 5.82 Å². The summed E-state index contributed by atoms with van der Waals surface area (Å²) in [5, 5.41) is 5.18. The number of alkyl halides is 3. The van der Waals surface area contributed by atoms with Gasteiger partial charge in [0.25, 0.3) is 5.56 Å². The maximum absolute atomic E-state index is 12.6. The lowest BCUT2D eigenvalue weighted by atomic mass is 9.92. The number of carbonyl (C=O) groups excluding carboxylic acids is 2. The van der Waals surface area contributed by atoms with Crippen molar-refractivity contribution in [3.8, 4) is 0 Å². The molecular weight excluding hydrogens is 385 g/mol. The number of anilines is 2. The zero-order valence-electron chi connectivity index (χ0n) is 13.8. The number of benzene rings is 1. The van der Waals surface area contributed by atoms with Crippen LogP contribution in [-0.4, -0.2) is 28.0 Å². The Balaban J connectivity index is 1.88. The fraction of sp³-hybridized carbons (Fsp3) is 0.250. The number of fused-ring (bicyclic) bond motifs is 1. The van der Waals surface area contributed by atoms with E-state index in [-0.39, 0.29) is 28.6 Å². The number of nitrogens with zero attached hydrogens (tertiary/aromatic N) is 1. The largest absolute Gasteiger partial charge is 0.416 e. The second-order valence-corrected chi connectivity index (χ2v) is 6.50. The van der Waals surface area contributed by atoms with Crippen molar-refractivity contribution in [2.75, 3.05) is 16.9 Å². The number of thioether (sulfide) groups is 1. The number of aromatic nitrogens is 2. The van der Waals surface area contributed by atoms with Crippen molar-refractivity contribution in [2.45, 2.75) is 23.7 Å². The van der Waals surface area contributed by atoms with Crippen molar-refractivity contribution < 1.29 is 22.8 Å². The van der Waals surface area contributed by atoms with E-state index in [4.69, 9.17) is 0 Å². The first-order chi connectivity index (χ1) is 12.7. The first kappa shape index (κ1) is 19.0. The fourth-order valence-electron chi connectivity index (χ4n) is 2.64. The van der Waals surface area contributed by atoms with E-state index in [0.29, 0.717) is 0 Å². The normalized spacial score (nSPS) is 16.4. The van der Waals surface area contributed by atoms with Gasteiger partial charge in [0.05, 0.1) is 17.0 Å². The molecule has 142 valence electrons. The Morgan fingerprint density at radius 3 is 2.52 bits per heavy atom. The van der Waals surface area contributed by atoms with Crippen molar-refractivity contribution >= 4 is 35.1 Å². The highest BCUT2D eigenvalue weighted by atomic mass is 32.2. The van der Waals surface area contributed by atoms with Gasteiger partial charge in [-0.3, -0.25) is 14.4 Å². The van der Waals surface area contributed by atoms with Gasteiger partial charge in [0.2, 0.25) is 11.8 Å². The summed E-state index contributed by atoms with van der Waals surface area (Å²) in [6, 6.07) is 3.86. The minimum atomic E-state index is -4.49. The van der Waals surface area contributed by atoms with Gasteiger partial charge < -0.3 is 15.6 Å². The van der Waals surface area contributed by atoms with Crippen LogP contribution in [-0.2, 0) is 15.8 Å². The van der Waals surface area contributed by atoms with Crippen molar-refractivity contribution in [1.29, 1.82) is 0 Å². The highest BCUT2D eigenvalue weighted by molar-refractivity contribution is 7.98. The second-order valence-electron chi connectivity index (χ2n) is 5.71. The first-order valence-electron chi connectivity index (χ1n) is 7.65. The number of rotatable bonds is 3. The molecule has 1 aromatic carbocycles. The monoisotopic (exact) mass is 398 g/mol. The fourth-order valence-corrected chi connectivity index (χ4v) is 3.02. The van der Waals surface area contributed by atoms with Crippen LogP contribution in [0.15, 0.2) is 34.2 Å². The smallest absolute Gasteiger partial charge is 0.326 e. The summed E-state index contributed by atoms with van der Waals surface area (Å²) in [5.41, 5.74) is -1.28. The molecule has 2 aromatic rings. The highest BCUT2D eigenvalue weighted by Crippen LogP contribution is 2.32. The van der Waals surface area contributed by atoms with Gasteiger partial charge in [-0.05, 0) is 30.5 Å². The summed E-state index contributed by atoms with van der Waals surface area (Å²) >= 11 is 1.16.